The lowest BCUT2D eigenvalue weighted by atomic mass is 10.2. The standard InChI is InChI=1S/C14H12ClN5/c1-8-10(6-16-7-17-8)13-18-11-4-5-12(15)19-14(11)20(13)9-2-3-9/h4-7,9H,2-3H2,1H3. The van der Waals surface area contributed by atoms with Crippen molar-refractivity contribution in [1.82, 2.24) is 24.5 Å². The van der Waals surface area contributed by atoms with E-state index in [0.717, 1.165) is 41.1 Å². The predicted octanol–water partition coefficient (Wildman–Crippen LogP) is 3.19. The fourth-order valence-corrected chi connectivity index (χ4v) is 2.57. The Morgan fingerprint density at radius 2 is 2.10 bits per heavy atom. The highest BCUT2D eigenvalue weighted by Crippen LogP contribution is 2.41. The number of fused-ring (bicyclic) bond motifs is 1. The maximum absolute atomic E-state index is 6.03. The summed E-state index contributed by atoms with van der Waals surface area (Å²) in [7, 11) is 0. The Morgan fingerprint density at radius 3 is 2.85 bits per heavy atom. The molecule has 1 aliphatic rings. The van der Waals surface area contributed by atoms with Gasteiger partial charge in [-0.3, -0.25) is 0 Å². The third kappa shape index (κ3) is 1.78. The molecule has 1 fully saturated rings. The van der Waals surface area contributed by atoms with E-state index in [-0.39, 0.29) is 0 Å². The molecule has 20 heavy (non-hydrogen) atoms. The van der Waals surface area contributed by atoms with Crippen molar-refractivity contribution in [3.05, 3.63) is 35.5 Å². The number of rotatable bonds is 2. The molecule has 0 amide bonds. The second-order valence-corrected chi connectivity index (χ2v) is 5.42. The van der Waals surface area contributed by atoms with Crippen LogP contribution in [0.4, 0.5) is 0 Å². The average Bonchev–Trinajstić information content (AvgIpc) is 3.20. The molecule has 0 aliphatic heterocycles. The van der Waals surface area contributed by atoms with E-state index in [2.05, 4.69) is 19.5 Å². The first-order chi connectivity index (χ1) is 9.74. The molecule has 0 unspecified atom stereocenters. The summed E-state index contributed by atoms with van der Waals surface area (Å²) in [5, 5.41) is 0.492. The monoisotopic (exact) mass is 285 g/mol. The number of hydrogen-bond donors (Lipinski definition) is 0. The zero-order chi connectivity index (χ0) is 13.7. The molecular weight excluding hydrogens is 274 g/mol. The van der Waals surface area contributed by atoms with E-state index in [1.54, 1.807) is 12.4 Å². The average molecular weight is 286 g/mol. The van der Waals surface area contributed by atoms with Gasteiger partial charge in [-0.15, -0.1) is 0 Å². The Morgan fingerprint density at radius 1 is 1.25 bits per heavy atom. The summed E-state index contributed by atoms with van der Waals surface area (Å²) in [6.45, 7) is 1.97. The van der Waals surface area contributed by atoms with Crippen molar-refractivity contribution in [2.24, 2.45) is 0 Å². The van der Waals surface area contributed by atoms with Crippen LogP contribution in [0.25, 0.3) is 22.6 Å². The number of aromatic nitrogens is 5. The molecule has 0 atom stereocenters. The van der Waals surface area contributed by atoms with Crippen LogP contribution in [0.3, 0.4) is 0 Å². The molecule has 0 spiro atoms. The van der Waals surface area contributed by atoms with E-state index in [4.69, 9.17) is 16.6 Å². The van der Waals surface area contributed by atoms with Gasteiger partial charge in [-0.25, -0.2) is 19.9 Å². The van der Waals surface area contributed by atoms with Crippen molar-refractivity contribution in [1.29, 1.82) is 0 Å². The summed E-state index contributed by atoms with van der Waals surface area (Å²) in [5.74, 6) is 0.885. The van der Waals surface area contributed by atoms with Gasteiger partial charge >= 0.3 is 0 Å². The van der Waals surface area contributed by atoms with Gasteiger partial charge < -0.3 is 4.57 Å². The molecule has 6 heteroatoms. The molecule has 1 aliphatic carbocycles. The zero-order valence-corrected chi connectivity index (χ0v) is 11.7. The first-order valence-electron chi connectivity index (χ1n) is 6.55. The van der Waals surface area contributed by atoms with Crippen molar-refractivity contribution in [2.45, 2.75) is 25.8 Å². The van der Waals surface area contributed by atoms with Crippen LogP contribution < -0.4 is 0 Å². The molecule has 4 rings (SSSR count). The zero-order valence-electron chi connectivity index (χ0n) is 10.9. The van der Waals surface area contributed by atoms with Gasteiger partial charge in [0, 0.05) is 12.2 Å². The van der Waals surface area contributed by atoms with Crippen molar-refractivity contribution in [2.75, 3.05) is 0 Å². The third-order valence-electron chi connectivity index (χ3n) is 3.57. The van der Waals surface area contributed by atoms with E-state index < -0.39 is 0 Å². The summed E-state index contributed by atoms with van der Waals surface area (Å²) < 4.78 is 2.17. The fourth-order valence-electron chi connectivity index (χ4n) is 2.43. The van der Waals surface area contributed by atoms with Crippen LogP contribution in [0.5, 0.6) is 0 Å². The van der Waals surface area contributed by atoms with Gasteiger partial charge in [0.25, 0.3) is 0 Å². The van der Waals surface area contributed by atoms with Crippen LogP contribution >= 0.6 is 11.6 Å². The highest BCUT2D eigenvalue weighted by Gasteiger charge is 2.30. The van der Waals surface area contributed by atoms with Gasteiger partial charge in [-0.05, 0) is 31.9 Å². The molecule has 0 saturated heterocycles. The number of nitrogens with zero attached hydrogens (tertiary/aromatic N) is 5. The third-order valence-corrected chi connectivity index (χ3v) is 3.78. The second-order valence-electron chi connectivity index (χ2n) is 5.04. The lowest BCUT2D eigenvalue weighted by molar-refractivity contribution is 0.764. The predicted molar refractivity (Wildman–Crippen MR) is 76.6 cm³/mol. The quantitative estimate of drug-likeness (QED) is 0.679. The Bertz CT molecular complexity index is 806. The molecule has 0 N–H and O–H groups in total. The first kappa shape index (κ1) is 11.8. The Balaban J connectivity index is 2.04. The molecule has 3 aromatic rings. The van der Waals surface area contributed by atoms with Gasteiger partial charge in [0.15, 0.2) is 5.65 Å². The fraction of sp³-hybridized carbons (Fsp3) is 0.286. The van der Waals surface area contributed by atoms with Crippen molar-refractivity contribution in [3.63, 3.8) is 0 Å². The van der Waals surface area contributed by atoms with Crippen LogP contribution in [-0.4, -0.2) is 24.5 Å². The molecule has 1 saturated carbocycles. The number of hydrogen-bond acceptors (Lipinski definition) is 4. The molecule has 3 heterocycles. The molecule has 0 radical (unpaired) electrons. The Hall–Kier alpha value is -2.01. The van der Waals surface area contributed by atoms with Crippen LogP contribution in [0.15, 0.2) is 24.7 Å². The number of halogens is 1. The lowest BCUT2D eigenvalue weighted by Crippen LogP contribution is -2.01. The van der Waals surface area contributed by atoms with Crippen LogP contribution in [-0.2, 0) is 0 Å². The minimum atomic E-state index is 0.459. The molecule has 5 nitrogen and oxygen atoms in total. The minimum absolute atomic E-state index is 0.459. The Labute approximate surface area is 120 Å². The van der Waals surface area contributed by atoms with Gasteiger partial charge in [0.2, 0.25) is 0 Å². The van der Waals surface area contributed by atoms with Crippen molar-refractivity contribution in [3.8, 4) is 11.4 Å². The largest absolute Gasteiger partial charge is 0.305 e. The molecular formula is C14H12ClN5. The van der Waals surface area contributed by atoms with Gasteiger partial charge in [0.05, 0.1) is 11.3 Å². The maximum atomic E-state index is 6.03. The van der Waals surface area contributed by atoms with Gasteiger partial charge in [-0.1, -0.05) is 11.6 Å². The summed E-state index contributed by atoms with van der Waals surface area (Å²) in [5.41, 5.74) is 3.58. The highest BCUT2D eigenvalue weighted by molar-refractivity contribution is 6.29. The van der Waals surface area contributed by atoms with E-state index in [1.165, 1.54) is 0 Å². The van der Waals surface area contributed by atoms with E-state index in [9.17, 15) is 0 Å². The normalized spacial score (nSPS) is 14.9. The first-order valence-corrected chi connectivity index (χ1v) is 6.93. The maximum Gasteiger partial charge on any atom is 0.162 e. The SMILES string of the molecule is Cc1ncncc1-c1nc2ccc(Cl)nc2n1C1CC1. The number of imidazole rings is 1. The topological polar surface area (TPSA) is 56.5 Å². The highest BCUT2D eigenvalue weighted by atomic mass is 35.5. The summed E-state index contributed by atoms with van der Waals surface area (Å²) in [4.78, 5) is 17.5. The lowest BCUT2D eigenvalue weighted by Gasteiger charge is -2.08. The van der Waals surface area contributed by atoms with E-state index in [0.29, 0.717) is 11.2 Å². The van der Waals surface area contributed by atoms with Crippen LogP contribution in [0, 0.1) is 6.92 Å². The van der Waals surface area contributed by atoms with Crippen LogP contribution in [0.2, 0.25) is 5.15 Å². The smallest absolute Gasteiger partial charge is 0.162 e. The summed E-state index contributed by atoms with van der Waals surface area (Å²) in [6.07, 6.45) is 5.67. The molecule has 0 bridgehead atoms. The van der Waals surface area contributed by atoms with E-state index in [1.807, 2.05) is 19.2 Å². The summed E-state index contributed by atoms with van der Waals surface area (Å²) in [6, 6.07) is 4.14. The number of aryl methyl sites for hydroxylation is 1. The van der Waals surface area contributed by atoms with Crippen molar-refractivity contribution < 1.29 is 0 Å². The van der Waals surface area contributed by atoms with Gasteiger partial charge in [-0.2, -0.15) is 0 Å². The van der Waals surface area contributed by atoms with Crippen molar-refractivity contribution >= 4 is 22.8 Å². The summed E-state index contributed by atoms with van der Waals surface area (Å²) >= 11 is 6.03. The van der Waals surface area contributed by atoms with E-state index >= 15 is 0 Å². The number of pyridine rings is 1. The Kier molecular flexibility index (Phi) is 2.50. The van der Waals surface area contributed by atoms with Gasteiger partial charge in [0.1, 0.15) is 22.8 Å². The molecule has 3 aromatic heterocycles. The molecule has 100 valence electrons. The molecule has 0 aromatic carbocycles. The van der Waals surface area contributed by atoms with Crippen LogP contribution in [0.1, 0.15) is 24.6 Å². The second kappa shape index (κ2) is 4.24. The minimum Gasteiger partial charge on any atom is -0.305 e.